The number of rotatable bonds is 5. The first-order valence-corrected chi connectivity index (χ1v) is 7.63. The quantitative estimate of drug-likeness (QED) is 0.800. The van der Waals surface area contributed by atoms with Crippen LogP contribution in [0.15, 0.2) is 36.4 Å². The third kappa shape index (κ3) is 4.57. The number of amides is 1. The van der Waals surface area contributed by atoms with Crippen molar-refractivity contribution in [3.8, 4) is 11.5 Å². The number of ether oxygens (including phenoxy) is 2. The maximum absolute atomic E-state index is 12.5. The number of anilines is 1. The summed E-state index contributed by atoms with van der Waals surface area (Å²) in [5, 5.41) is 2.70. The van der Waals surface area contributed by atoms with Crippen LogP contribution < -0.4 is 14.8 Å². The lowest BCUT2D eigenvalue weighted by atomic mass is 10.1. The average Bonchev–Trinajstić information content (AvgIpc) is 2.56. The van der Waals surface area contributed by atoms with E-state index in [1.807, 2.05) is 0 Å². The van der Waals surface area contributed by atoms with Crippen LogP contribution in [0.3, 0.4) is 0 Å². The predicted molar refractivity (Wildman–Crippen MR) is 88.6 cm³/mol. The summed E-state index contributed by atoms with van der Waals surface area (Å²) >= 11 is 6.10. The number of methoxy groups -OCH3 is 1. The van der Waals surface area contributed by atoms with Gasteiger partial charge in [-0.3, -0.25) is 4.79 Å². The van der Waals surface area contributed by atoms with Crippen molar-refractivity contribution in [3.63, 3.8) is 0 Å². The van der Waals surface area contributed by atoms with Crippen LogP contribution in [0.4, 0.5) is 18.9 Å². The van der Waals surface area contributed by atoms with Gasteiger partial charge in [-0.15, -0.1) is 0 Å². The highest BCUT2D eigenvalue weighted by Gasteiger charge is 2.30. The number of hydrogen-bond acceptors (Lipinski definition) is 3. The third-order valence-electron chi connectivity index (χ3n) is 3.25. The summed E-state index contributed by atoms with van der Waals surface area (Å²) < 4.78 is 48.2. The lowest BCUT2D eigenvalue weighted by Crippen LogP contribution is -2.13. The Morgan fingerprint density at radius 2 is 1.84 bits per heavy atom. The molecule has 4 nitrogen and oxygen atoms in total. The Hall–Kier alpha value is -2.41. The number of carbonyl (C=O) groups is 1. The van der Waals surface area contributed by atoms with Gasteiger partial charge in [-0.1, -0.05) is 11.6 Å². The molecule has 0 aliphatic heterocycles. The van der Waals surface area contributed by atoms with Crippen LogP contribution >= 0.6 is 11.6 Å². The first kappa shape index (κ1) is 18.9. The molecule has 25 heavy (non-hydrogen) atoms. The monoisotopic (exact) mass is 373 g/mol. The van der Waals surface area contributed by atoms with Gasteiger partial charge < -0.3 is 14.8 Å². The molecular weight excluding hydrogens is 359 g/mol. The Kier molecular flexibility index (Phi) is 5.79. The number of nitrogens with one attached hydrogen (secondary N) is 1. The second kappa shape index (κ2) is 7.65. The second-order valence-corrected chi connectivity index (χ2v) is 5.36. The van der Waals surface area contributed by atoms with E-state index in [9.17, 15) is 18.0 Å². The van der Waals surface area contributed by atoms with Crippen molar-refractivity contribution >= 4 is 23.2 Å². The molecular formula is C17H15ClF3NO3. The fourth-order valence-electron chi connectivity index (χ4n) is 2.08. The van der Waals surface area contributed by atoms with Crippen LogP contribution in [0.2, 0.25) is 5.02 Å². The van der Waals surface area contributed by atoms with E-state index in [1.54, 1.807) is 6.92 Å². The normalized spacial score (nSPS) is 11.1. The Morgan fingerprint density at radius 1 is 1.20 bits per heavy atom. The topological polar surface area (TPSA) is 47.6 Å². The summed E-state index contributed by atoms with van der Waals surface area (Å²) in [5.74, 6) is 0.0627. The largest absolute Gasteiger partial charge is 0.493 e. The molecule has 134 valence electrons. The van der Waals surface area contributed by atoms with Crippen LogP contribution in [-0.2, 0) is 6.18 Å². The average molecular weight is 374 g/mol. The molecule has 0 bridgehead atoms. The molecule has 1 amide bonds. The zero-order chi connectivity index (χ0) is 18.6. The van der Waals surface area contributed by atoms with E-state index < -0.39 is 17.6 Å². The molecule has 0 aliphatic carbocycles. The SMILES string of the molecule is CCOc1c(Cl)cc(C(=O)Nc2ccc(C(F)(F)F)cc2)cc1OC. The second-order valence-electron chi connectivity index (χ2n) is 4.95. The van der Waals surface area contributed by atoms with Crippen molar-refractivity contribution in [2.45, 2.75) is 13.1 Å². The summed E-state index contributed by atoms with van der Waals surface area (Å²) in [4.78, 5) is 12.3. The standard InChI is InChI=1S/C17H15ClF3NO3/c1-3-25-15-13(18)8-10(9-14(15)24-2)16(23)22-12-6-4-11(5-7-12)17(19,20)21/h4-9H,3H2,1-2H3,(H,22,23). The van der Waals surface area contributed by atoms with E-state index in [0.29, 0.717) is 12.4 Å². The van der Waals surface area contributed by atoms with E-state index in [1.165, 1.54) is 31.4 Å². The van der Waals surface area contributed by atoms with Crippen molar-refractivity contribution in [3.05, 3.63) is 52.5 Å². The maximum atomic E-state index is 12.5. The van der Waals surface area contributed by atoms with Crippen molar-refractivity contribution < 1.29 is 27.4 Å². The molecule has 0 fully saturated rings. The molecule has 2 aromatic carbocycles. The van der Waals surface area contributed by atoms with E-state index >= 15 is 0 Å². The van der Waals surface area contributed by atoms with Crippen molar-refractivity contribution in [1.82, 2.24) is 0 Å². The Bertz CT molecular complexity index is 761. The van der Waals surface area contributed by atoms with Gasteiger partial charge >= 0.3 is 6.18 Å². The number of carbonyl (C=O) groups excluding carboxylic acids is 1. The van der Waals surface area contributed by atoms with E-state index in [2.05, 4.69) is 5.32 Å². The van der Waals surface area contributed by atoms with Crippen LogP contribution in [0.1, 0.15) is 22.8 Å². The zero-order valence-corrected chi connectivity index (χ0v) is 14.2. The Morgan fingerprint density at radius 3 is 2.36 bits per heavy atom. The van der Waals surface area contributed by atoms with Gasteiger partial charge in [0, 0.05) is 11.3 Å². The molecule has 0 spiro atoms. The highest BCUT2D eigenvalue weighted by atomic mass is 35.5. The maximum Gasteiger partial charge on any atom is 0.416 e. The molecule has 0 aliphatic rings. The lowest BCUT2D eigenvalue weighted by molar-refractivity contribution is -0.137. The van der Waals surface area contributed by atoms with Gasteiger partial charge in [0.05, 0.1) is 24.3 Å². The molecule has 0 saturated carbocycles. The lowest BCUT2D eigenvalue weighted by Gasteiger charge is -2.13. The van der Waals surface area contributed by atoms with Crippen molar-refractivity contribution in [2.24, 2.45) is 0 Å². The summed E-state index contributed by atoms with van der Waals surface area (Å²) in [6, 6.07) is 6.97. The van der Waals surface area contributed by atoms with Gasteiger partial charge in [0.2, 0.25) is 0 Å². The number of alkyl halides is 3. The predicted octanol–water partition coefficient (Wildman–Crippen LogP) is 5.02. The highest BCUT2D eigenvalue weighted by Crippen LogP contribution is 2.36. The van der Waals surface area contributed by atoms with Crippen LogP contribution in [0.5, 0.6) is 11.5 Å². The Labute approximate surface area is 147 Å². The molecule has 2 rings (SSSR count). The van der Waals surface area contributed by atoms with E-state index in [4.69, 9.17) is 21.1 Å². The zero-order valence-electron chi connectivity index (χ0n) is 13.4. The molecule has 0 radical (unpaired) electrons. The molecule has 0 unspecified atom stereocenters. The summed E-state index contributed by atoms with van der Waals surface area (Å²) in [6.45, 7) is 2.15. The summed E-state index contributed by atoms with van der Waals surface area (Å²) in [5.41, 5.74) is -0.386. The van der Waals surface area contributed by atoms with Gasteiger partial charge in [-0.2, -0.15) is 13.2 Å². The molecule has 2 aromatic rings. The molecule has 0 atom stereocenters. The minimum atomic E-state index is -4.43. The van der Waals surface area contributed by atoms with Crippen molar-refractivity contribution in [1.29, 1.82) is 0 Å². The van der Waals surface area contributed by atoms with E-state index in [0.717, 1.165) is 12.1 Å². The molecule has 8 heteroatoms. The molecule has 0 heterocycles. The fraction of sp³-hybridized carbons (Fsp3) is 0.235. The van der Waals surface area contributed by atoms with E-state index in [-0.39, 0.29) is 22.0 Å². The minimum absolute atomic E-state index is 0.185. The van der Waals surface area contributed by atoms with Gasteiger partial charge in [0.25, 0.3) is 5.91 Å². The Balaban J connectivity index is 2.22. The number of halogens is 4. The highest BCUT2D eigenvalue weighted by molar-refractivity contribution is 6.32. The van der Waals surface area contributed by atoms with Crippen LogP contribution in [-0.4, -0.2) is 19.6 Å². The van der Waals surface area contributed by atoms with Gasteiger partial charge in [0.1, 0.15) is 0 Å². The number of benzene rings is 2. The fourth-order valence-corrected chi connectivity index (χ4v) is 2.35. The van der Waals surface area contributed by atoms with Gasteiger partial charge in [-0.05, 0) is 43.3 Å². The third-order valence-corrected chi connectivity index (χ3v) is 3.53. The molecule has 0 aromatic heterocycles. The van der Waals surface area contributed by atoms with Gasteiger partial charge in [-0.25, -0.2) is 0 Å². The van der Waals surface area contributed by atoms with Gasteiger partial charge in [0.15, 0.2) is 11.5 Å². The van der Waals surface area contributed by atoms with Crippen LogP contribution in [0.25, 0.3) is 0 Å². The summed E-state index contributed by atoms with van der Waals surface area (Å²) in [6.07, 6.45) is -4.43. The first-order valence-electron chi connectivity index (χ1n) is 7.25. The van der Waals surface area contributed by atoms with Crippen LogP contribution in [0, 0.1) is 0 Å². The molecule has 0 saturated heterocycles. The summed E-state index contributed by atoms with van der Waals surface area (Å²) in [7, 11) is 1.41. The minimum Gasteiger partial charge on any atom is -0.493 e. The number of hydrogen-bond donors (Lipinski definition) is 1. The van der Waals surface area contributed by atoms with Crippen molar-refractivity contribution in [2.75, 3.05) is 19.0 Å². The smallest absolute Gasteiger partial charge is 0.416 e. The molecule has 1 N–H and O–H groups in total. The first-order chi connectivity index (χ1) is 11.8.